The average molecular weight is 348 g/mol. The molecule has 0 aliphatic carbocycles. The van der Waals surface area contributed by atoms with Crippen LogP contribution in [0.25, 0.3) is 0 Å². The van der Waals surface area contributed by atoms with Crippen LogP contribution in [0.1, 0.15) is 23.7 Å². The zero-order valence-electron chi connectivity index (χ0n) is 14.1. The van der Waals surface area contributed by atoms with Crippen molar-refractivity contribution in [1.82, 2.24) is 0 Å². The number of ether oxygens (including phenoxy) is 2. The minimum Gasteiger partial charge on any atom is -0.497 e. The van der Waals surface area contributed by atoms with Gasteiger partial charge in [0, 0.05) is 0 Å². The molecule has 25 heavy (non-hydrogen) atoms. The number of hydrogen-bond donors (Lipinski definition) is 1. The second kappa shape index (κ2) is 8.74. The van der Waals surface area contributed by atoms with E-state index in [1.165, 1.54) is 25.3 Å². The molecule has 0 fully saturated rings. The number of aliphatic hydroxyl groups excluding tert-OH is 1. The summed E-state index contributed by atoms with van der Waals surface area (Å²) >= 11 is 0. The van der Waals surface area contributed by atoms with Crippen LogP contribution in [0.4, 0.5) is 8.78 Å². The Bertz CT molecular complexity index is 656. The fourth-order valence-corrected chi connectivity index (χ4v) is 2.45. The number of rotatable bonds is 9. The van der Waals surface area contributed by atoms with E-state index >= 15 is 0 Å². The molecule has 0 amide bonds. The van der Waals surface area contributed by atoms with Crippen LogP contribution in [-0.2, 0) is 11.3 Å². The minimum atomic E-state index is -3.47. The highest BCUT2D eigenvalue weighted by atomic mass is 19.3. The first-order valence-corrected chi connectivity index (χ1v) is 7.95. The largest absolute Gasteiger partial charge is 0.497 e. The third-order valence-electron chi connectivity index (χ3n) is 3.86. The second-order valence-electron chi connectivity index (χ2n) is 5.66. The highest BCUT2D eigenvalue weighted by molar-refractivity contribution is 5.30. The van der Waals surface area contributed by atoms with Crippen LogP contribution in [-0.4, -0.2) is 24.2 Å². The predicted molar refractivity (Wildman–Crippen MR) is 92.7 cm³/mol. The Morgan fingerprint density at radius 1 is 1.12 bits per heavy atom. The summed E-state index contributed by atoms with van der Waals surface area (Å²) in [5.74, 6) is -2.92. The van der Waals surface area contributed by atoms with Crippen LogP contribution in [0.3, 0.4) is 0 Å². The van der Waals surface area contributed by atoms with Crippen molar-refractivity contribution in [3.8, 4) is 5.75 Å². The van der Waals surface area contributed by atoms with Gasteiger partial charge >= 0.3 is 5.92 Å². The maximum atomic E-state index is 14.8. The van der Waals surface area contributed by atoms with Gasteiger partial charge in [-0.25, -0.2) is 8.78 Å². The van der Waals surface area contributed by atoms with E-state index in [2.05, 4.69) is 6.58 Å². The van der Waals surface area contributed by atoms with E-state index in [1.807, 2.05) is 18.2 Å². The summed E-state index contributed by atoms with van der Waals surface area (Å²) in [5.41, 5.74) is 1.04. The number of hydrogen-bond acceptors (Lipinski definition) is 3. The predicted octanol–water partition coefficient (Wildman–Crippen LogP) is 4.53. The Balaban J connectivity index is 2.27. The Morgan fingerprint density at radius 2 is 1.76 bits per heavy atom. The van der Waals surface area contributed by atoms with Crippen molar-refractivity contribution in [2.45, 2.75) is 31.2 Å². The molecule has 0 unspecified atom stereocenters. The number of methoxy groups -OCH3 is 1. The van der Waals surface area contributed by atoms with E-state index in [1.54, 1.807) is 24.3 Å². The van der Waals surface area contributed by atoms with Gasteiger partial charge < -0.3 is 14.6 Å². The van der Waals surface area contributed by atoms with Gasteiger partial charge in [0.05, 0.1) is 13.7 Å². The number of halogens is 2. The third-order valence-corrected chi connectivity index (χ3v) is 3.86. The first kappa shape index (κ1) is 19.1. The Labute approximate surface area is 146 Å². The van der Waals surface area contributed by atoms with Gasteiger partial charge in [-0.15, -0.1) is 6.58 Å². The van der Waals surface area contributed by atoms with Crippen LogP contribution >= 0.6 is 0 Å². The molecule has 0 saturated heterocycles. The monoisotopic (exact) mass is 348 g/mol. The first-order valence-electron chi connectivity index (χ1n) is 7.95. The molecule has 2 aromatic rings. The molecule has 2 aromatic carbocycles. The molecule has 0 bridgehead atoms. The van der Waals surface area contributed by atoms with Crippen LogP contribution in [0.2, 0.25) is 0 Å². The van der Waals surface area contributed by atoms with Crippen molar-refractivity contribution in [3.63, 3.8) is 0 Å². The van der Waals surface area contributed by atoms with E-state index in [4.69, 9.17) is 9.47 Å². The lowest BCUT2D eigenvalue weighted by molar-refractivity contribution is -0.199. The first-order chi connectivity index (χ1) is 12.0. The highest BCUT2D eigenvalue weighted by Gasteiger charge is 2.47. The zero-order valence-corrected chi connectivity index (χ0v) is 14.1. The van der Waals surface area contributed by atoms with Gasteiger partial charge in [-0.05, 0) is 29.7 Å². The lowest BCUT2D eigenvalue weighted by Gasteiger charge is -2.31. The van der Waals surface area contributed by atoms with Gasteiger partial charge in [-0.3, -0.25) is 0 Å². The van der Waals surface area contributed by atoms with Crippen molar-refractivity contribution in [1.29, 1.82) is 0 Å². The number of benzene rings is 2. The van der Waals surface area contributed by atoms with Crippen molar-refractivity contribution in [2.75, 3.05) is 7.11 Å². The molecule has 5 heteroatoms. The molecule has 0 heterocycles. The number of aliphatic hydroxyl groups is 1. The fourth-order valence-electron chi connectivity index (χ4n) is 2.45. The molecule has 0 aromatic heterocycles. The summed E-state index contributed by atoms with van der Waals surface area (Å²) in [5, 5.41) is 9.88. The zero-order chi connectivity index (χ0) is 18.3. The van der Waals surface area contributed by atoms with Gasteiger partial charge in [-0.2, -0.15) is 0 Å². The summed E-state index contributed by atoms with van der Waals surface area (Å²) in [4.78, 5) is 0. The fraction of sp³-hybridized carbons (Fsp3) is 0.300. The molecule has 2 rings (SSSR count). The second-order valence-corrected chi connectivity index (χ2v) is 5.66. The molecule has 0 aliphatic heterocycles. The van der Waals surface area contributed by atoms with Gasteiger partial charge in [0.2, 0.25) is 0 Å². The smallest absolute Gasteiger partial charge is 0.303 e. The van der Waals surface area contributed by atoms with Gasteiger partial charge in [0.1, 0.15) is 18.0 Å². The number of alkyl halides is 2. The van der Waals surface area contributed by atoms with E-state index in [0.29, 0.717) is 5.75 Å². The van der Waals surface area contributed by atoms with Crippen LogP contribution < -0.4 is 4.74 Å². The van der Waals surface area contributed by atoms with E-state index in [0.717, 1.165) is 5.56 Å². The Morgan fingerprint density at radius 3 is 2.32 bits per heavy atom. The van der Waals surface area contributed by atoms with Crippen LogP contribution in [0, 0.1) is 0 Å². The van der Waals surface area contributed by atoms with Gasteiger partial charge in [0.25, 0.3) is 0 Å². The minimum absolute atomic E-state index is 0.00787. The molecular weight excluding hydrogens is 326 g/mol. The summed E-state index contributed by atoms with van der Waals surface area (Å²) in [6, 6.07) is 15.3. The maximum Gasteiger partial charge on any atom is 0.303 e. The van der Waals surface area contributed by atoms with Crippen molar-refractivity contribution < 1.29 is 23.4 Å². The molecule has 1 N–H and O–H groups in total. The van der Waals surface area contributed by atoms with E-state index < -0.39 is 18.1 Å². The van der Waals surface area contributed by atoms with Gasteiger partial charge in [0.15, 0.2) is 0 Å². The van der Waals surface area contributed by atoms with Crippen molar-refractivity contribution >= 4 is 0 Å². The molecule has 0 radical (unpaired) electrons. The molecule has 0 spiro atoms. The van der Waals surface area contributed by atoms with E-state index in [-0.39, 0.29) is 18.6 Å². The lowest BCUT2D eigenvalue weighted by Crippen LogP contribution is -2.40. The quantitative estimate of drug-likeness (QED) is 0.677. The normalized spacial score (nSPS) is 13.9. The van der Waals surface area contributed by atoms with Crippen LogP contribution in [0.15, 0.2) is 67.3 Å². The molecule has 134 valence electrons. The summed E-state index contributed by atoms with van der Waals surface area (Å²) < 4.78 is 40.2. The van der Waals surface area contributed by atoms with Crippen molar-refractivity contribution in [3.05, 3.63) is 78.4 Å². The molecule has 2 atom stereocenters. The lowest BCUT2D eigenvalue weighted by atomic mass is 9.97. The summed E-state index contributed by atoms with van der Waals surface area (Å²) in [6.07, 6.45) is -2.43. The van der Waals surface area contributed by atoms with Crippen LogP contribution in [0.5, 0.6) is 5.75 Å². The highest BCUT2D eigenvalue weighted by Crippen LogP contribution is 2.39. The Kier molecular flexibility index (Phi) is 6.67. The maximum absolute atomic E-state index is 14.8. The SMILES string of the molecule is C=CC[C@@H](O)C(F)(F)[C@H](OCc1ccccc1)c1ccc(OC)cc1. The van der Waals surface area contributed by atoms with Crippen molar-refractivity contribution in [2.24, 2.45) is 0 Å². The Hall–Kier alpha value is -2.24. The average Bonchev–Trinajstić information content (AvgIpc) is 2.63. The van der Waals surface area contributed by atoms with E-state index in [9.17, 15) is 13.9 Å². The molecule has 3 nitrogen and oxygen atoms in total. The summed E-state index contributed by atoms with van der Waals surface area (Å²) in [7, 11) is 1.50. The standard InChI is InChI=1S/C20H22F2O3/c1-3-7-18(23)20(21,22)19(16-10-12-17(24-2)13-11-16)25-14-15-8-5-4-6-9-15/h3-6,8-13,18-19,23H,1,7,14H2,2H3/t18-,19-/m1/s1. The topological polar surface area (TPSA) is 38.7 Å². The summed E-state index contributed by atoms with van der Waals surface area (Å²) in [6.45, 7) is 3.42. The van der Waals surface area contributed by atoms with Gasteiger partial charge in [-0.1, -0.05) is 48.5 Å². The molecule has 0 saturated carbocycles. The molecular formula is C20H22F2O3. The third kappa shape index (κ3) is 4.87. The molecule has 0 aliphatic rings.